The quantitative estimate of drug-likeness (QED) is 0.783. The Morgan fingerprint density at radius 3 is 2.65 bits per heavy atom. The van der Waals surface area contributed by atoms with Crippen LogP contribution in [-0.2, 0) is 0 Å². The summed E-state index contributed by atoms with van der Waals surface area (Å²) in [6, 6.07) is 9.14. The van der Waals surface area contributed by atoms with Crippen molar-refractivity contribution in [3.8, 4) is 0 Å². The van der Waals surface area contributed by atoms with Gasteiger partial charge in [-0.05, 0) is 37.0 Å². The molecule has 3 nitrogen and oxygen atoms in total. The summed E-state index contributed by atoms with van der Waals surface area (Å²) in [4.78, 5) is 4.27. The number of nitrogens with zero attached hydrogens (tertiary/aromatic N) is 2. The molecule has 0 aliphatic rings. The minimum absolute atomic E-state index is 0.337. The van der Waals surface area contributed by atoms with Gasteiger partial charge in [0, 0.05) is 11.3 Å². The van der Waals surface area contributed by atoms with E-state index in [1.807, 2.05) is 0 Å². The summed E-state index contributed by atoms with van der Waals surface area (Å²) in [6.07, 6.45) is 2.76. The average molecular weight is 307 g/mol. The molecule has 0 saturated heterocycles. The predicted octanol–water partition coefficient (Wildman–Crippen LogP) is 4.07. The number of rotatable bonds is 7. The molecule has 2 aromatic rings. The molecule has 1 N–H and O–H groups in total. The van der Waals surface area contributed by atoms with Gasteiger partial charge in [0.2, 0.25) is 0 Å². The first kappa shape index (κ1) is 15.5. The number of aromatic nitrogens is 2. The molecule has 2 unspecified atom stereocenters. The molecule has 1 aromatic heterocycles. The van der Waals surface area contributed by atoms with Crippen LogP contribution < -0.4 is 5.32 Å². The molecule has 1 aromatic carbocycles. The minimum atomic E-state index is 0.337. The molecule has 0 aliphatic heterocycles. The van der Waals surface area contributed by atoms with Crippen molar-refractivity contribution in [1.82, 2.24) is 14.7 Å². The van der Waals surface area contributed by atoms with Gasteiger partial charge in [0.1, 0.15) is 6.33 Å². The summed E-state index contributed by atoms with van der Waals surface area (Å²) in [5.41, 5.74) is 2.64. The summed E-state index contributed by atoms with van der Waals surface area (Å²) < 4.78 is 5.11. The van der Waals surface area contributed by atoms with Gasteiger partial charge in [0.05, 0.1) is 0 Å². The van der Waals surface area contributed by atoms with Crippen molar-refractivity contribution in [3.63, 3.8) is 0 Å². The number of hydrogen-bond acceptors (Lipinski definition) is 5. The number of thioether (sulfide) groups is 1. The molecule has 20 heavy (non-hydrogen) atoms. The van der Waals surface area contributed by atoms with Crippen LogP contribution in [0.25, 0.3) is 0 Å². The van der Waals surface area contributed by atoms with E-state index in [2.05, 4.69) is 59.7 Å². The van der Waals surface area contributed by atoms with Crippen molar-refractivity contribution in [1.29, 1.82) is 0 Å². The second kappa shape index (κ2) is 7.76. The van der Waals surface area contributed by atoms with E-state index in [9.17, 15) is 0 Å². The maximum Gasteiger partial charge on any atom is 0.170 e. The third-order valence-electron chi connectivity index (χ3n) is 3.15. The zero-order chi connectivity index (χ0) is 14.4. The fraction of sp³-hybridized carbons (Fsp3) is 0.467. The highest BCUT2D eigenvalue weighted by Gasteiger charge is 2.20. The van der Waals surface area contributed by atoms with Crippen molar-refractivity contribution in [2.45, 2.75) is 42.8 Å². The van der Waals surface area contributed by atoms with E-state index >= 15 is 0 Å². The highest BCUT2D eigenvalue weighted by molar-refractivity contribution is 8.01. The van der Waals surface area contributed by atoms with Crippen LogP contribution in [0, 0.1) is 6.92 Å². The molecule has 108 valence electrons. The van der Waals surface area contributed by atoms with Gasteiger partial charge < -0.3 is 5.32 Å². The van der Waals surface area contributed by atoms with Crippen LogP contribution >= 0.6 is 23.3 Å². The van der Waals surface area contributed by atoms with E-state index in [1.165, 1.54) is 22.7 Å². The first-order valence-corrected chi connectivity index (χ1v) is 8.59. The van der Waals surface area contributed by atoms with Gasteiger partial charge in [0.15, 0.2) is 4.34 Å². The van der Waals surface area contributed by atoms with Gasteiger partial charge in [0.25, 0.3) is 0 Å². The Bertz CT molecular complexity index is 496. The van der Waals surface area contributed by atoms with Crippen LogP contribution in [0.1, 0.15) is 37.4 Å². The Hall–Kier alpha value is -0.910. The highest BCUT2D eigenvalue weighted by atomic mass is 32.2. The lowest BCUT2D eigenvalue weighted by atomic mass is 10.0. The number of aryl methyl sites for hydroxylation is 1. The summed E-state index contributed by atoms with van der Waals surface area (Å²) in [6.45, 7) is 7.60. The molecule has 2 atom stereocenters. The van der Waals surface area contributed by atoms with Crippen LogP contribution in [0.5, 0.6) is 0 Å². The maximum absolute atomic E-state index is 4.27. The lowest BCUT2D eigenvalue weighted by Gasteiger charge is -2.24. The van der Waals surface area contributed by atoms with E-state index in [-0.39, 0.29) is 0 Å². The number of nitrogens with one attached hydrogen (secondary N) is 1. The predicted molar refractivity (Wildman–Crippen MR) is 87.4 cm³/mol. The number of benzene rings is 1. The van der Waals surface area contributed by atoms with Crippen molar-refractivity contribution in [3.05, 3.63) is 41.7 Å². The van der Waals surface area contributed by atoms with E-state index in [1.54, 1.807) is 18.1 Å². The Morgan fingerprint density at radius 1 is 1.30 bits per heavy atom. The molecule has 0 spiro atoms. The third-order valence-corrected chi connectivity index (χ3v) is 5.07. The summed E-state index contributed by atoms with van der Waals surface area (Å²) in [5.74, 6) is 0. The molecule has 0 saturated carbocycles. The molecule has 0 bridgehead atoms. The fourth-order valence-electron chi connectivity index (χ4n) is 2.07. The fourth-order valence-corrected chi connectivity index (χ4v) is 3.92. The Morgan fingerprint density at radius 2 is 2.05 bits per heavy atom. The Kier molecular flexibility index (Phi) is 6.01. The molecule has 0 aliphatic carbocycles. The van der Waals surface area contributed by atoms with Crippen molar-refractivity contribution in [2.75, 3.05) is 6.54 Å². The third kappa shape index (κ3) is 4.30. The second-order valence-electron chi connectivity index (χ2n) is 4.87. The van der Waals surface area contributed by atoms with E-state index in [4.69, 9.17) is 0 Å². The molecule has 5 heteroatoms. The zero-order valence-electron chi connectivity index (χ0n) is 12.2. The molecule has 1 heterocycles. The van der Waals surface area contributed by atoms with Crippen LogP contribution in [0.3, 0.4) is 0 Å². The smallest absolute Gasteiger partial charge is 0.170 e. The average Bonchev–Trinajstić information content (AvgIpc) is 2.94. The van der Waals surface area contributed by atoms with Crippen LogP contribution in [0.2, 0.25) is 0 Å². The Labute approximate surface area is 129 Å². The van der Waals surface area contributed by atoms with Crippen LogP contribution in [0.15, 0.2) is 34.9 Å². The highest BCUT2D eigenvalue weighted by Crippen LogP contribution is 2.32. The second-order valence-corrected chi connectivity index (χ2v) is 7.28. The van der Waals surface area contributed by atoms with Crippen molar-refractivity contribution < 1.29 is 0 Å². The van der Waals surface area contributed by atoms with Gasteiger partial charge in [-0.2, -0.15) is 4.37 Å². The maximum atomic E-state index is 4.27. The van der Waals surface area contributed by atoms with Crippen molar-refractivity contribution in [2.24, 2.45) is 0 Å². The monoisotopic (exact) mass is 307 g/mol. The summed E-state index contributed by atoms with van der Waals surface area (Å²) in [5, 5.41) is 4.07. The molecule has 2 rings (SSSR count). The lowest BCUT2D eigenvalue weighted by molar-refractivity contribution is 0.528. The van der Waals surface area contributed by atoms with E-state index in [0.29, 0.717) is 11.3 Å². The normalized spacial score (nSPS) is 14.2. The molecule has 0 fully saturated rings. The number of hydrogen-bond donors (Lipinski definition) is 1. The van der Waals surface area contributed by atoms with Gasteiger partial charge in [-0.3, -0.25) is 0 Å². The molecular formula is C15H21N3S2. The lowest BCUT2D eigenvalue weighted by Crippen LogP contribution is -2.29. The molecular weight excluding hydrogens is 286 g/mol. The van der Waals surface area contributed by atoms with Crippen LogP contribution in [-0.4, -0.2) is 21.2 Å². The van der Waals surface area contributed by atoms with Gasteiger partial charge in [-0.25, -0.2) is 4.98 Å². The molecule has 0 amide bonds. The van der Waals surface area contributed by atoms with E-state index < -0.39 is 0 Å². The van der Waals surface area contributed by atoms with Gasteiger partial charge in [-0.1, -0.05) is 55.4 Å². The summed E-state index contributed by atoms with van der Waals surface area (Å²) in [7, 11) is 0. The summed E-state index contributed by atoms with van der Waals surface area (Å²) >= 11 is 3.25. The van der Waals surface area contributed by atoms with Gasteiger partial charge >= 0.3 is 0 Å². The van der Waals surface area contributed by atoms with Crippen LogP contribution in [0.4, 0.5) is 0 Å². The van der Waals surface area contributed by atoms with Gasteiger partial charge in [-0.15, -0.1) is 0 Å². The molecule has 0 radical (unpaired) electrons. The SMILES string of the molecule is CCCNC(c1ccc(C)cc1)C(C)Sc1ncns1. The standard InChI is InChI=1S/C15H21N3S2/c1-4-9-16-14(13-7-5-11(2)6-8-13)12(3)19-15-17-10-18-20-15/h5-8,10,12,14,16H,4,9H2,1-3H3. The van der Waals surface area contributed by atoms with E-state index in [0.717, 1.165) is 17.3 Å². The first-order chi connectivity index (χ1) is 9.70. The topological polar surface area (TPSA) is 37.8 Å². The largest absolute Gasteiger partial charge is 0.309 e. The van der Waals surface area contributed by atoms with Crippen molar-refractivity contribution >= 4 is 23.3 Å². The Balaban J connectivity index is 2.11. The first-order valence-electron chi connectivity index (χ1n) is 6.94. The minimum Gasteiger partial charge on any atom is -0.309 e. The zero-order valence-corrected chi connectivity index (χ0v) is 13.8.